The molecule has 0 amide bonds. The summed E-state index contributed by atoms with van der Waals surface area (Å²) in [5, 5.41) is 8.45. The van der Waals surface area contributed by atoms with E-state index >= 15 is 0 Å². The Balaban J connectivity index is 1.86. The molecule has 1 fully saturated rings. The highest BCUT2D eigenvalue weighted by atomic mass is 16.5. The van der Waals surface area contributed by atoms with Crippen molar-refractivity contribution in [3.8, 4) is 0 Å². The van der Waals surface area contributed by atoms with Crippen LogP contribution in [-0.2, 0) is 9.47 Å². The van der Waals surface area contributed by atoms with E-state index in [2.05, 4.69) is 0 Å². The molecule has 1 heterocycles. The Morgan fingerprint density at radius 1 is 1.55 bits per heavy atom. The van der Waals surface area contributed by atoms with Crippen molar-refractivity contribution >= 4 is 0 Å². The van der Waals surface area contributed by atoms with Gasteiger partial charge in [-0.25, -0.2) is 0 Å². The third-order valence-electron chi connectivity index (χ3n) is 1.82. The van der Waals surface area contributed by atoms with Crippen molar-refractivity contribution in [2.75, 3.05) is 33.0 Å². The molecule has 0 aliphatic carbocycles. The summed E-state index contributed by atoms with van der Waals surface area (Å²) in [5.74, 6) is 0.591. The summed E-state index contributed by atoms with van der Waals surface area (Å²) in [6.45, 7) is 3.42. The van der Waals surface area contributed by atoms with Crippen molar-refractivity contribution in [1.29, 1.82) is 0 Å². The van der Waals surface area contributed by atoms with Crippen molar-refractivity contribution in [3.05, 3.63) is 0 Å². The Morgan fingerprint density at radius 2 is 2.45 bits per heavy atom. The van der Waals surface area contributed by atoms with Gasteiger partial charge in [0.15, 0.2) is 0 Å². The molecular formula is C8H16O3. The molecule has 0 spiro atoms. The molecule has 0 saturated carbocycles. The van der Waals surface area contributed by atoms with Crippen molar-refractivity contribution in [2.24, 2.45) is 5.92 Å². The first-order valence-corrected chi connectivity index (χ1v) is 4.20. The van der Waals surface area contributed by atoms with E-state index in [4.69, 9.17) is 14.6 Å². The number of ether oxygens (including phenoxy) is 2. The molecule has 66 valence electrons. The zero-order chi connectivity index (χ0) is 7.94. The van der Waals surface area contributed by atoms with Crippen molar-refractivity contribution in [1.82, 2.24) is 0 Å². The Morgan fingerprint density at radius 3 is 3.09 bits per heavy atom. The zero-order valence-electron chi connectivity index (χ0n) is 6.79. The maximum Gasteiger partial charge on any atom is 0.0517 e. The van der Waals surface area contributed by atoms with E-state index in [0.717, 1.165) is 32.7 Å². The molecule has 1 rings (SSSR count). The number of aliphatic hydroxyl groups excluding tert-OH is 1. The number of aliphatic hydroxyl groups is 1. The normalized spacial score (nSPS) is 24.3. The third-order valence-corrected chi connectivity index (χ3v) is 1.82. The van der Waals surface area contributed by atoms with E-state index in [0.29, 0.717) is 12.5 Å². The van der Waals surface area contributed by atoms with E-state index < -0.39 is 0 Å². The van der Waals surface area contributed by atoms with E-state index in [-0.39, 0.29) is 6.61 Å². The average molecular weight is 160 g/mol. The molecule has 1 atom stereocenters. The summed E-state index contributed by atoms with van der Waals surface area (Å²) in [6.07, 6.45) is 1.87. The zero-order valence-corrected chi connectivity index (χ0v) is 6.79. The van der Waals surface area contributed by atoms with Crippen LogP contribution in [0, 0.1) is 5.92 Å². The molecular weight excluding hydrogens is 144 g/mol. The fourth-order valence-electron chi connectivity index (χ4n) is 1.13. The van der Waals surface area contributed by atoms with Gasteiger partial charge in [0, 0.05) is 25.7 Å². The van der Waals surface area contributed by atoms with Gasteiger partial charge in [0.1, 0.15) is 0 Å². The molecule has 3 heteroatoms. The van der Waals surface area contributed by atoms with Crippen LogP contribution in [0.4, 0.5) is 0 Å². The van der Waals surface area contributed by atoms with Gasteiger partial charge in [0.05, 0.1) is 13.2 Å². The molecule has 1 unspecified atom stereocenters. The molecule has 1 aliphatic rings. The Bertz CT molecular complexity index is 89.3. The number of hydrogen-bond donors (Lipinski definition) is 1. The Labute approximate surface area is 67.3 Å². The molecule has 1 saturated heterocycles. The fourth-order valence-corrected chi connectivity index (χ4v) is 1.13. The van der Waals surface area contributed by atoms with Crippen LogP contribution in [-0.4, -0.2) is 38.1 Å². The molecule has 1 aliphatic heterocycles. The van der Waals surface area contributed by atoms with Gasteiger partial charge in [-0.2, -0.15) is 0 Å². The molecule has 0 aromatic heterocycles. The summed E-state index contributed by atoms with van der Waals surface area (Å²) in [6, 6.07) is 0. The minimum Gasteiger partial charge on any atom is -0.396 e. The second-order valence-electron chi connectivity index (χ2n) is 2.88. The molecule has 3 nitrogen and oxygen atoms in total. The summed E-state index contributed by atoms with van der Waals surface area (Å²) >= 11 is 0. The van der Waals surface area contributed by atoms with Gasteiger partial charge in [0.25, 0.3) is 0 Å². The minimum absolute atomic E-state index is 0.223. The standard InChI is InChI=1S/C8H16O3/c9-3-1-4-10-6-8-2-5-11-7-8/h8-9H,1-7H2. The Kier molecular flexibility index (Phi) is 4.50. The van der Waals surface area contributed by atoms with E-state index in [1.54, 1.807) is 0 Å². The van der Waals surface area contributed by atoms with Gasteiger partial charge in [0.2, 0.25) is 0 Å². The lowest BCUT2D eigenvalue weighted by Crippen LogP contribution is -2.10. The first-order chi connectivity index (χ1) is 5.43. The molecule has 11 heavy (non-hydrogen) atoms. The van der Waals surface area contributed by atoms with E-state index in [9.17, 15) is 0 Å². The van der Waals surface area contributed by atoms with Crippen LogP contribution in [0.25, 0.3) is 0 Å². The van der Waals surface area contributed by atoms with Gasteiger partial charge < -0.3 is 14.6 Å². The first-order valence-electron chi connectivity index (χ1n) is 4.20. The van der Waals surface area contributed by atoms with E-state index in [1.807, 2.05) is 0 Å². The smallest absolute Gasteiger partial charge is 0.0517 e. The fraction of sp³-hybridized carbons (Fsp3) is 1.00. The maximum absolute atomic E-state index is 8.45. The van der Waals surface area contributed by atoms with Crippen molar-refractivity contribution in [3.63, 3.8) is 0 Å². The van der Waals surface area contributed by atoms with Crippen LogP contribution in [0.5, 0.6) is 0 Å². The molecule has 0 aromatic carbocycles. The molecule has 1 N–H and O–H groups in total. The largest absolute Gasteiger partial charge is 0.396 e. The van der Waals surface area contributed by atoms with Crippen LogP contribution < -0.4 is 0 Å². The quantitative estimate of drug-likeness (QED) is 0.592. The first kappa shape index (κ1) is 8.97. The lowest BCUT2D eigenvalue weighted by atomic mass is 10.1. The SMILES string of the molecule is OCCCOCC1CCOC1. The predicted octanol–water partition coefficient (Wildman–Crippen LogP) is 0.422. The second-order valence-corrected chi connectivity index (χ2v) is 2.88. The van der Waals surface area contributed by atoms with Crippen molar-refractivity contribution in [2.45, 2.75) is 12.8 Å². The maximum atomic E-state index is 8.45. The highest BCUT2D eigenvalue weighted by Crippen LogP contribution is 2.11. The Hall–Kier alpha value is -0.120. The lowest BCUT2D eigenvalue weighted by Gasteiger charge is -2.07. The average Bonchev–Trinajstić information content (AvgIpc) is 2.50. The summed E-state index contributed by atoms with van der Waals surface area (Å²) in [5.41, 5.74) is 0. The summed E-state index contributed by atoms with van der Waals surface area (Å²) in [4.78, 5) is 0. The van der Waals surface area contributed by atoms with Crippen LogP contribution in [0.1, 0.15) is 12.8 Å². The topological polar surface area (TPSA) is 38.7 Å². The lowest BCUT2D eigenvalue weighted by molar-refractivity contribution is 0.0795. The van der Waals surface area contributed by atoms with Gasteiger partial charge in [-0.05, 0) is 12.8 Å². The summed E-state index contributed by atoms with van der Waals surface area (Å²) in [7, 11) is 0. The monoisotopic (exact) mass is 160 g/mol. The molecule has 0 aromatic rings. The van der Waals surface area contributed by atoms with Crippen LogP contribution >= 0.6 is 0 Å². The van der Waals surface area contributed by atoms with Crippen molar-refractivity contribution < 1.29 is 14.6 Å². The number of hydrogen-bond acceptors (Lipinski definition) is 3. The highest BCUT2D eigenvalue weighted by Gasteiger charge is 2.14. The van der Waals surface area contributed by atoms with E-state index in [1.165, 1.54) is 0 Å². The van der Waals surface area contributed by atoms with Gasteiger partial charge in [-0.1, -0.05) is 0 Å². The van der Waals surface area contributed by atoms with Crippen LogP contribution in [0.3, 0.4) is 0 Å². The minimum atomic E-state index is 0.223. The summed E-state index contributed by atoms with van der Waals surface area (Å²) < 4.78 is 10.5. The van der Waals surface area contributed by atoms with Crippen LogP contribution in [0.15, 0.2) is 0 Å². The van der Waals surface area contributed by atoms with Crippen LogP contribution in [0.2, 0.25) is 0 Å². The third kappa shape index (κ3) is 3.70. The van der Waals surface area contributed by atoms with Gasteiger partial charge in [-0.15, -0.1) is 0 Å². The molecule has 0 radical (unpaired) electrons. The second kappa shape index (κ2) is 5.52. The van der Waals surface area contributed by atoms with Gasteiger partial charge >= 0.3 is 0 Å². The van der Waals surface area contributed by atoms with Gasteiger partial charge in [-0.3, -0.25) is 0 Å². The predicted molar refractivity (Wildman–Crippen MR) is 41.4 cm³/mol. The number of rotatable bonds is 5. The highest BCUT2D eigenvalue weighted by molar-refractivity contribution is 4.62. The molecule has 0 bridgehead atoms.